The van der Waals surface area contributed by atoms with Crippen LogP contribution in [0.15, 0.2) is 53.0 Å². The highest BCUT2D eigenvalue weighted by Gasteiger charge is 2.13. The van der Waals surface area contributed by atoms with Crippen LogP contribution >= 0.6 is 27.5 Å². The summed E-state index contributed by atoms with van der Waals surface area (Å²) in [5.74, 6) is 0. The van der Waals surface area contributed by atoms with Gasteiger partial charge in [0.05, 0.1) is 0 Å². The van der Waals surface area contributed by atoms with Gasteiger partial charge in [-0.25, -0.2) is 0 Å². The molecule has 1 unspecified atom stereocenters. The van der Waals surface area contributed by atoms with E-state index in [9.17, 15) is 0 Å². The van der Waals surface area contributed by atoms with Crippen molar-refractivity contribution in [2.75, 3.05) is 0 Å². The summed E-state index contributed by atoms with van der Waals surface area (Å²) in [6.45, 7) is 4.30. The molecule has 0 aliphatic heterocycles. The van der Waals surface area contributed by atoms with Crippen LogP contribution in [0.5, 0.6) is 0 Å². The van der Waals surface area contributed by atoms with Crippen LogP contribution in [0, 0.1) is 0 Å². The summed E-state index contributed by atoms with van der Waals surface area (Å²) in [6, 6.07) is 16.8. The Labute approximate surface area is 128 Å². The van der Waals surface area contributed by atoms with E-state index in [0.29, 0.717) is 0 Å². The van der Waals surface area contributed by atoms with Gasteiger partial charge in [0, 0.05) is 21.6 Å². The lowest BCUT2D eigenvalue weighted by Gasteiger charge is -2.21. The van der Waals surface area contributed by atoms with Crippen molar-refractivity contribution in [2.45, 2.75) is 25.9 Å². The van der Waals surface area contributed by atoms with E-state index in [0.717, 1.165) is 15.1 Å². The molecule has 100 valence electrons. The first-order chi connectivity index (χ1) is 9.08. The van der Waals surface area contributed by atoms with Gasteiger partial charge in [-0.2, -0.15) is 0 Å². The van der Waals surface area contributed by atoms with Gasteiger partial charge in [-0.3, -0.25) is 0 Å². The average Bonchev–Trinajstić information content (AvgIpc) is 2.39. The number of benzene rings is 2. The lowest BCUT2D eigenvalue weighted by atomic mass is 10.0. The molecular weight excluding hydrogens is 322 g/mol. The Bertz CT molecular complexity index is 556. The molecule has 3 heteroatoms. The molecule has 0 saturated heterocycles. The smallest absolute Gasteiger partial charge is 0.0453 e. The minimum absolute atomic E-state index is 0.211. The lowest BCUT2D eigenvalue weighted by Crippen LogP contribution is -2.22. The topological polar surface area (TPSA) is 12.0 Å². The Balaban J connectivity index is 2.11. The molecule has 0 saturated carbocycles. The SMILES string of the molecule is CC(N[C@@H](C)c1cccc(Br)c1)c1ccccc1Cl. The van der Waals surface area contributed by atoms with Gasteiger partial charge >= 0.3 is 0 Å². The van der Waals surface area contributed by atoms with Gasteiger partial charge in [0.25, 0.3) is 0 Å². The second-order valence-corrected chi connectivity index (χ2v) is 6.01. The van der Waals surface area contributed by atoms with Crippen LogP contribution in [0.3, 0.4) is 0 Å². The molecule has 0 spiro atoms. The Morgan fingerprint density at radius 2 is 1.74 bits per heavy atom. The van der Waals surface area contributed by atoms with Crippen LogP contribution < -0.4 is 5.32 Å². The van der Waals surface area contributed by atoms with Gasteiger partial charge in [-0.15, -0.1) is 0 Å². The van der Waals surface area contributed by atoms with E-state index in [1.54, 1.807) is 0 Å². The van der Waals surface area contributed by atoms with Crippen LogP contribution in [0.2, 0.25) is 5.02 Å². The molecule has 2 atom stereocenters. The second-order valence-electron chi connectivity index (χ2n) is 4.69. The van der Waals surface area contributed by atoms with Crippen molar-refractivity contribution in [1.29, 1.82) is 0 Å². The van der Waals surface area contributed by atoms with Crippen molar-refractivity contribution >= 4 is 27.5 Å². The normalized spacial score (nSPS) is 14.1. The van der Waals surface area contributed by atoms with Crippen molar-refractivity contribution in [3.05, 3.63) is 69.2 Å². The summed E-state index contributed by atoms with van der Waals surface area (Å²) in [5.41, 5.74) is 2.39. The maximum absolute atomic E-state index is 6.23. The number of hydrogen-bond donors (Lipinski definition) is 1. The van der Waals surface area contributed by atoms with Crippen LogP contribution in [0.4, 0.5) is 0 Å². The van der Waals surface area contributed by atoms with Crippen LogP contribution in [0.25, 0.3) is 0 Å². The number of halogens is 2. The summed E-state index contributed by atoms with van der Waals surface area (Å²) >= 11 is 9.73. The van der Waals surface area contributed by atoms with Crippen molar-refractivity contribution in [2.24, 2.45) is 0 Å². The number of hydrogen-bond acceptors (Lipinski definition) is 1. The molecule has 0 aliphatic rings. The van der Waals surface area contributed by atoms with Crippen LogP contribution in [-0.4, -0.2) is 0 Å². The first-order valence-corrected chi connectivity index (χ1v) is 7.51. The molecule has 19 heavy (non-hydrogen) atoms. The Hall–Kier alpha value is -0.830. The van der Waals surface area contributed by atoms with E-state index in [4.69, 9.17) is 11.6 Å². The van der Waals surface area contributed by atoms with Crippen molar-refractivity contribution < 1.29 is 0 Å². The summed E-state index contributed by atoms with van der Waals surface area (Å²) in [4.78, 5) is 0. The van der Waals surface area contributed by atoms with Gasteiger partial charge in [-0.1, -0.05) is 57.9 Å². The third-order valence-corrected chi connectivity index (χ3v) is 4.06. The molecule has 0 amide bonds. The summed E-state index contributed by atoms with van der Waals surface area (Å²) in [6.07, 6.45) is 0. The largest absolute Gasteiger partial charge is 0.304 e. The van der Waals surface area contributed by atoms with E-state index in [2.05, 4.69) is 59.4 Å². The molecular formula is C16H17BrClN. The zero-order valence-corrected chi connectivity index (χ0v) is 13.4. The summed E-state index contributed by atoms with van der Waals surface area (Å²) in [7, 11) is 0. The summed E-state index contributed by atoms with van der Waals surface area (Å²) < 4.78 is 1.10. The van der Waals surface area contributed by atoms with Crippen molar-refractivity contribution in [3.8, 4) is 0 Å². The lowest BCUT2D eigenvalue weighted by molar-refractivity contribution is 0.494. The third kappa shape index (κ3) is 3.82. The Morgan fingerprint density at radius 1 is 1.00 bits per heavy atom. The van der Waals surface area contributed by atoms with Gasteiger partial charge < -0.3 is 5.32 Å². The highest BCUT2D eigenvalue weighted by molar-refractivity contribution is 9.10. The molecule has 0 aliphatic carbocycles. The van der Waals surface area contributed by atoms with Gasteiger partial charge in [0.15, 0.2) is 0 Å². The van der Waals surface area contributed by atoms with Gasteiger partial charge in [0.2, 0.25) is 0 Å². The molecule has 2 rings (SSSR count). The van der Waals surface area contributed by atoms with E-state index in [-0.39, 0.29) is 12.1 Å². The van der Waals surface area contributed by atoms with Crippen molar-refractivity contribution in [3.63, 3.8) is 0 Å². The van der Waals surface area contributed by atoms with Crippen LogP contribution in [-0.2, 0) is 0 Å². The van der Waals surface area contributed by atoms with E-state index in [1.165, 1.54) is 5.56 Å². The van der Waals surface area contributed by atoms with E-state index in [1.807, 2.05) is 24.3 Å². The molecule has 2 aromatic carbocycles. The Morgan fingerprint density at radius 3 is 2.42 bits per heavy atom. The molecule has 0 heterocycles. The van der Waals surface area contributed by atoms with E-state index >= 15 is 0 Å². The first kappa shape index (κ1) is 14.6. The monoisotopic (exact) mass is 337 g/mol. The average molecular weight is 339 g/mol. The van der Waals surface area contributed by atoms with Gasteiger partial charge in [-0.05, 0) is 43.2 Å². The molecule has 0 fully saturated rings. The molecule has 0 bridgehead atoms. The quantitative estimate of drug-likeness (QED) is 0.774. The van der Waals surface area contributed by atoms with Crippen LogP contribution in [0.1, 0.15) is 37.1 Å². The number of rotatable bonds is 4. The predicted octanol–water partition coefficient (Wildman–Crippen LogP) is 5.51. The molecule has 2 aromatic rings. The first-order valence-electron chi connectivity index (χ1n) is 6.34. The highest BCUT2D eigenvalue weighted by atomic mass is 79.9. The van der Waals surface area contributed by atoms with E-state index < -0.39 is 0 Å². The minimum atomic E-state index is 0.211. The molecule has 0 aromatic heterocycles. The predicted molar refractivity (Wildman–Crippen MR) is 85.6 cm³/mol. The molecule has 0 radical (unpaired) electrons. The maximum atomic E-state index is 6.23. The van der Waals surface area contributed by atoms with Crippen molar-refractivity contribution in [1.82, 2.24) is 5.32 Å². The zero-order chi connectivity index (χ0) is 13.8. The van der Waals surface area contributed by atoms with Gasteiger partial charge in [0.1, 0.15) is 0 Å². The number of nitrogens with one attached hydrogen (secondary N) is 1. The third-order valence-electron chi connectivity index (χ3n) is 3.22. The summed E-state index contributed by atoms with van der Waals surface area (Å²) in [5, 5.41) is 4.38. The molecule has 1 nitrogen and oxygen atoms in total. The fourth-order valence-corrected chi connectivity index (χ4v) is 2.88. The second kappa shape index (κ2) is 6.56. The molecule has 1 N–H and O–H groups in total. The minimum Gasteiger partial charge on any atom is -0.304 e. The highest BCUT2D eigenvalue weighted by Crippen LogP contribution is 2.25. The zero-order valence-electron chi connectivity index (χ0n) is 11.0. The Kier molecular flexibility index (Phi) is 5.03. The fraction of sp³-hybridized carbons (Fsp3) is 0.250. The fourth-order valence-electron chi connectivity index (χ4n) is 2.16. The standard InChI is InChI=1S/C16H17BrClN/c1-11(13-6-5-7-14(17)10-13)19-12(2)15-8-3-4-9-16(15)18/h3-12,19H,1-2H3/t11-,12?/m0/s1. The maximum Gasteiger partial charge on any atom is 0.0453 e.